The summed E-state index contributed by atoms with van der Waals surface area (Å²) in [5, 5.41) is 10.5. The Morgan fingerprint density at radius 1 is 1.44 bits per heavy atom. The zero-order chi connectivity index (χ0) is 13.0. The van der Waals surface area contributed by atoms with E-state index in [1.54, 1.807) is 0 Å². The van der Waals surface area contributed by atoms with E-state index in [0.29, 0.717) is 11.5 Å². The van der Waals surface area contributed by atoms with Crippen LogP contribution >= 0.6 is 0 Å². The molecule has 1 aliphatic rings. The Morgan fingerprint density at radius 2 is 2.17 bits per heavy atom. The van der Waals surface area contributed by atoms with Gasteiger partial charge >= 0.3 is 6.09 Å². The van der Waals surface area contributed by atoms with Gasteiger partial charge in [0.25, 0.3) is 0 Å². The number of hydrogen-bond acceptors (Lipinski definition) is 3. The average molecular weight is 247 g/mol. The molecule has 0 aromatic heterocycles. The third kappa shape index (κ3) is 2.71. The van der Waals surface area contributed by atoms with Crippen molar-refractivity contribution in [2.24, 2.45) is 5.92 Å². The van der Waals surface area contributed by atoms with Crippen molar-refractivity contribution in [3.8, 4) is 0 Å². The van der Waals surface area contributed by atoms with Gasteiger partial charge in [0, 0.05) is 5.92 Å². The molecule has 1 aliphatic carbocycles. The van der Waals surface area contributed by atoms with Gasteiger partial charge in [-0.3, -0.25) is 5.21 Å². The van der Waals surface area contributed by atoms with E-state index in [-0.39, 0.29) is 12.0 Å². The van der Waals surface area contributed by atoms with Crippen molar-refractivity contribution in [1.82, 2.24) is 5.06 Å². The molecule has 0 heterocycles. The van der Waals surface area contributed by atoms with Crippen LogP contribution < -0.4 is 0 Å². The molecule has 4 heteroatoms. The minimum absolute atomic E-state index is 0.122. The van der Waals surface area contributed by atoms with Crippen LogP contribution in [0, 0.1) is 5.92 Å². The molecule has 96 valence electrons. The standard InChI is InChI=1S/C14H17NO3/c1-18-14(16)15(17)13-9-5-8-12(13)10-11-6-3-2-4-7-11/h2-8,12-13,17H,9-10H2,1H3/t12-,13+/m1/s1. The number of ether oxygens (including phenoxy) is 1. The maximum Gasteiger partial charge on any atom is 0.433 e. The second kappa shape index (κ2) is 5.69. The number of hydrogen-bond donors (Lipinski definition) is 1. The van der Waals surface area contributed by atoms with Crippen LogP contribution in [0.4, 0.5) is 4.79 Å². The van der Waals surface area contributed by atoms with Gasteiger partial charge in [-0.1, -0.05) is 42.5 Å². The number of carbonyl (C=O) groups excluding carboxylic acids is 1. The molecule has 1 aromatic carbocycles. The number of nitrogens with zero attached hydrogens (tertiary/aromatic N) is 1. The molecule has 2 rings (SSSR count). The molecular weight excluding hydrogens is 230 g/mol. The van der Waals surface area contributed by atoms with E-state index < -0.39 is 6.09 Å². The van der Waals surface area contributed by atoms with Gasteiger partial charge < -0.3 is 4.74 Å². The lowest BCUT2D eigenvalue weighted by molar-refractivity contribution is -0.107. The molecule has 0 spiro atoms. The molecule has 1 aromatic rings. The zero-order valence-corrected chi connectivity index (χ0v) is 10.3. The first-order valence-electron chi connectivity index (χ1n) is 5.99. The Labute approximate surface area is 106 Å². The summed E-state index contributed by atoms with van der Waals surface area (Å²) in [5.74, 6) is 0.122. The summed E-state index contributed by atoms with van der Waals surface area (Å²) in [5.41, 5.74) is 1.19. The fraction of sp³-hybridized carbons (Fsp3) is 0.357. The van der Waals surface area contributed by atoms with Crippen molar-refractivity contribution in [3.63, 3.8) is 0 Å². The molecule has 0 saturated carbocycles. The van der Waals surface area contributed by atoms with Gasteiger partial charge in [0.1, 0.15) is 0 Å². The van der Waals surface area contributed by atoms with Gasteiger partial charge in [-0.2, -0.15) is 5.06 Å². The quantitative estimate of drug-likeness (QED) is 0.507. The molecule has 2 atom stereocenters. The summed E-state index contributed by atoms with van der Waals surface area (Å²) in [6.07, 6.45) is 4.79. The lowest BCUT2D eigenvalue weighted by Gasteiger charge is -2.26. The highest BCUT2D eigenvalue weighted by Gasteiger charge is 2.31. The number of hydroxylamine groups is 2. The third-order valence-electron chi connectivity index (χ3n) is 3.25. The van der Waals surface area contributed by atoms with Crippen LogP contribution in [0.3, 0.4) is 0 Å². The Bertz CT molecular complexity index is 430. The Morgan fingerprint density at radius 3 is 2.83 bits per heavy atom. The van der Waals surface area contributed by atoms with Crippen molar-refractivity contribution in [2.75, 3.05) is 7.11 Å². The number of carbonyl (C=O) groups is 1. The first-order chi connectivity index (χ1) is 8.72. The van der Waals surface area contributed by atoms with Gasteiger partial charge in [0.05, 0.1) is 13.2 Å². The van der Waals surface area contributed by atoms with Gasteiger partial charge in [-0.25, -0.2) is 4.79 Å². The van der Waals surface area contributed by atoms with Crippen LogP contribution in [-0.4, -0.2) is 29.5 Å². The van der Waals surface area contributed by atoms with E-state index in [1.807, 2.05) is 42.5 Å². The van der Waals surface area contributed by atoms with Crippen molar-refractivity contribution in [3.05, 3.63) is 48.0 Å². The van der Waals surface area contributed by atoms with Crippen LogP contribution in [-0.2, 0) is 11.2 Å². The van der Waals surface area contributed by atoms with Gasteiger partial charge in [-0.05, 0) is 18.4 Å². The molecule has 4 nitrogen and oxygen atoms in total. The van der Waals surface area contributed by atoms with E-state index in [0.717, 1.165) is 6.42 Å². The van der Waals surface area contributed by atoms with Crippen LogP contribution in [0.2, 0.25) is 0 Å². The fourth-order valence-electron chi connectivity index (χ4n) is 2.30. The molecule has 0 aliphatic heterocycles. The number of methoxy groups -OCH3 is 1. The van der Waals surface area contributed by atoms with Crippen LogP contribution in [0.5, 0.6) is 0 Å². The largest absolute Gasteiger partial charge is 0.451 e. The first-order valence-corrected chi connectivity index (χ1v) is 5.99. The number of benzene rings is 1. The molecular formula is C14H17NO3. The smallest absolute Gasteiger partial charge is 0.433 e. The predicted molar refractivity (Wildman–Crippen MR) is 67.2 cm³/mol. The minimum atomic E-state index is -0.707. The molecule has 0 unspecified atom stereocenters. The first kappa shape index (κ1) is 12.6. The summed E-state index contributed by atoms with van der Waals surface area (Å²) in [4.78, 5) is 11.3. The van der Waals surface area contributed by atoms with Crippen molar-refractivity contribution >= 4 is 6.09 Å². The SMILES string of the molecule is COC(=O)N(O)[C@H]1CC=C[C@@H]1Cc1ccccc1. The highest BCUT2D eigenvalue weighted by atomic mass is 16.6. The summed E-state index contributed by atoms with van der Waals surface area (Å²) >= 11 is 0. The normalized spacial score (nSPS) is 21.9. The lowest BCUT2D eigenvalue weighted by Crippen LogP contribution is -2.40. The molecule has 0 fully saturated rings. The second-order valence-electron chi connectivity index (χ2n) is 4.40. The highest BCUT2D eigenvalue weighted by molar-refractivity contribution is 5.66. The summed E-state index contributed by atoms with van der Waals surface area (Å²) in [7, 11) is 1.26. The highest BCUT2D eigenvalue weighted by Crippen LogP contribution is 2.26. The number of rotatable bonds is 3. The topological polar surface area (TPSA) is 49.8 Å². The van der Waals surface area contributed by atoms with E-state index >= 15 is 0 Å². The van der Waals surface area contributed by atoms with Crippen LogP contribution in [0.1, 0.15) is 12.0 Å². The Kier molecular flexibility index (Phi) is 3.99. The van der Waals surface area contributed by atoms with E-state index in [2.05, 4.69) is 4.74 Å². The maximum atomic E-state index is 11.3. The van der Waals surface area contributed by atoms with E-state index in [4.69, 9.17) is 0 Å². The van der Waals surface area contributed by atoms with Gasteiger partial charge in [0.15, 0.2) is 0 Å². The summed E-state index contributed by atoms with van der Waals surface area (Å²) in [6, 6.07) is 9.79. The van der Waals surface area contributed by atoms with E-state index in [9.17, 15) is 10.0 Å². The van der Waals surface area contributed by atoms with Crippen LogP contribution in [0.15, 0.2) is 42.5 Å². The molecule has 0 saturated heterocycles. The van der Waals surface area contributed by atoms with Crippen LogP contribution in [0.25, 0.3) is 0 Å². The summed E-state index contributed by atoms with van der Waals surface area (Å²) in [6.45, 7) is 0. The van der Waals surface area contributed by atoms with Gasteiger partial charge in [0.2, 0.25) is 0 Å². The third-order valence-corrected chi connectivity index (χ3v) is 3.25. The van der Waals surface area contributed by atoms with Crippen molar-refractivity contribution < 1.29 is 14.7 Å². The monoisotopic (exact) mass is 247 g/mol. The molecule has 0 radical (unpaired) electrons. The molecule has 0 bridgehead atoms. The number of amides is 1. The van der Waals surface area contributed by atoms with Gasteiger partial charge in [-0.15, -0.1) is 0 Å². The second-order valence-corrected chi connectivity index (χ2v) is 4.40. The Hall–Kier alpha value is -1.81. The fourth-order valence-corrected chi connectivity index (χ4v) is 2.30. The predicted octanol–water partition coefficient (Wildman–Crippen LogP) is 2.63. The Balaban J connectivity index is 2.03. The van der Waals surface area contributed by atoms with E-state index in [1.165, 1.54) is 12.7 Å². The minimum Gasteiger partial charge on any atom is -0.451 e. The molecule has 1 N–H and O–H groups in total. The zero-order valence-electron chi connectivity index (χ0n) is 10.3. The average Bonchev–Trinajstić information content (AvgIpc) is 2.86. The van der Waals surface area contributed by atoms with Crippen molar-refractivity contribution in [2.45, 2.75) is 18.9 Å². The maximum absolute atomic E-state index is 11.3. The summed E-state index contributed by atoms with van der Waals surface area (Å²) < 4.78 is 4.53. The molecule has 1 amide bonds. The van der Waals surface area contributed by atoms with Crippen molar-refractivity contribution in [1.29, 1.82) is 0 Å². The molecule has 18 heavy (non-hydrogen) atoms. The lowest BCUT2D eigenvalue weighted by atomic mass is 9.95.